The maximum absolute atomic E-state index is 9.18. The van der Waals surface area contributed by atoms with Crippen LogP contribution >= 0.6 is 0 Å². The third kappa shape index (κ3) is 5.86. The maximum Gasteiger partial charge on any atom is 0.152 e. The number of allylic oxidation sites excluding steroid dienone is 1. The smallest absolute Gasteiger partial charge is 0.152 e. The average Bonchev–Trinajstić information content (AvgIpc) is 2.42. The minimum absolute atomic E-state index is 0. The number of hydrogen-bond donors (Lipinski definition) is 1. The SMILES string of the molecule is Oc1ccc([SH+]CCC=Cc2ccccc2)cc1.[Cl-]. The predicted octanol–water partition coefficient (Wildman–Crippen LogP) is 0.673. The fourth-order valence-electron chi connectivity index (χ4n) is 1.61. The summed E-state index contributed by atoms with van der Waals surface area (Å²) in [5.74, 6) is 1.44. The normalized spacial score (nSPS) is 10.3. The molecule has 0 aliphatic heterocycles. The molecule has 1 N–H and O–H groups in total. The molecule has 2 aromatic rings. The van der Waals surface area contributed by atoms with Crippen LogP contribution in [-0.4, -0.2) is 10.9 Å². The second-order valence-electron chi connectivity index (χ2n) is 4.00. The number of aromatic hydroxyl groups is 1. The van der Waals surface area contributed by atoms with Crippen LogP contribution in [0.4, 0.5) is 0 Å². The Morgan fingerprint density at radius 3 is 2.32 bits per heavy atom. The molecule has 0 unspecified atom stereocenters. The summed E-state index contributed by atoms with van der Waals surface area (Å²) in [6.45, 7) is 0. The summed E-state index contributed by atoms with van der Waals surface area (Å²) in [6.07, 6.45) is 5.44. The topological polar surface area (TPSA) is 20.2 Å². The number of phenolic OH excluding ortho intramolecular Hbond substituents is 1. The van der Waals surface area contributed by atoms with Gasteiger partial charge < -0.3 is 17.5 Å². The van der Waals surface area contributed by atoms with E-state index in [-0.39, 0.29) is 12.4 Å². The quantitative estimate of drug-likeness (QED) is 0.488. The average molecular weight is 293 g/mol. The summed E-state index contributed by atoms with van der Waals surface area (Å²) in [5.41, 5.74) is 1.25. The lowest BCUT2D eigenvalue weighted by Crippen LogP contribution is -3.00. The zero-order valence-electron chi connectivity index (χ0n) is 10.5. The van der Waals surface area contributed by atoms with E-state index in [4.69, 9.17) is 0 Å². The molecule has 0 fully saturated rings. The highest BCUT2D eigenvalue weighted by atomic mass is 35.5. The summed E-state index contributed by atoms with van der Waals surface area (Å²) < 4.78 is 0. The Labute approximate surface area is 124 Å². The first-order valence-corrected chi connectivity index (χ1v) is 7.11. The number of rotatable bonds is 5. The highest BCUT2D eigenvalue weighted by Gasteiger charge is 2.00. The first-order chi connectivity index (χ1) is 8.84. The van der Waals surface area contributed by atoms with Crippen LogP contribution in [0.3, 0.4) is 0 Å². The van der Waals surface area contributed by atoms with Crippen LogP contribution in [0.5, 0.6) is 5.75 Å². The molecule has 0 aliphatic rings. The fraction of sp³-hybridized carbons (Fsp3) is 0.125. The molecule has 0 heterocycles. The van der Waals surface area contributed by atoms with Gasteiger partial charge in [0, 0.05) is 18.2 Å². The third-order valence-corrected chi connectivity index (χ3v) is 3.69. The van der Waals surface area contributed by atoms with E-state index in [9.17, 15) is 5.11 Å². The summed E-state index contributed by atoms with van der Waals surface area (Å²) in [5, 5.41) is 9.18. The zero-order chi connectivity index (χ0) is 12.6. The molecule has 1 nitrogen and oxygen atoms in total. The van der Waals surface area contributed by atoms with Gasteiger partial charge in [0.1, 0.15) is 11.5 Å². The molecule has 0 aliphatic carbocycles. The Bertz CT molecular complexity index is 494. The van der Waals surface area contributed by atoms with E-state index >= 15 is 0 Å². The van der Waals surface area contributed by atoms with E-state index in [2.05, 4.69) is 24.3 Å². The first kappa shape index (κ1) is 15.7. The number of phenols is 1. The van der Waals surface area contributed by atoms with Gasteiger partial charge in [-0.05, 0) is 29.8 Å². The molecule has 0 saturated carbocycles. The molecule has 0 spiro atoms. The Hall–Kier alpha value is -1.38. The van der Waals surface area contributed by atoms with Gasteiger partial charge >= 0.3 is 0 Å². The van der Waals surface area contributed by atoms with Crippen molar-refractivity contribution < 1.29 is 17.5 Å². The lowest BCUT2D eigenvalue weighted by molar-refractivity contribution is -0.00000455. The van der Waals surface area contributed by atoms with Gasteiger partial charge in [0.25, 0.3) is 0 Å². The van der Waals surface area contributed by atoms with Crippen LogP contribution in [0.25, 0.3) is 6.08 Å². The van der Waals surface area contributed by atoms with Crippen molar-refractivity contribution >= 4 is 17.8 Å². The van der Waals surface area contributed by atoms with E-state index in [0.29, 0.717) is 5.75 Å². The highest BCUT2D eigenvalue weighted by molar-refractivity contribution is 7.78. The molecule has 0 radical (unpaired) electrons. The van der Waals surface area contributed by atoms with Crippen molar-refractivity contribution in [1.82, 2.24) is 0 Å². The maximum atomic E-state index is 9.18. The predicted molar refractivity (Wildman–Crippen MR) is 80.1 cm³/mol. The van der Waals surface area contributed by atoms with Crippen molar-refractivity contribution in [3.63, 3.8) is 0 Å². The minimum atomic E-state index is 0. The molecule has 100 valence electrons. The van der Waals surface area contributed by atoms with E-state index < -0.39 is 0 Å². The Kier molecular flexibility index (Phi) is 7.16. The highest BCUT2D eigenvalue weighted by Crippen LogP contribution is 2.11. The van der Waals surface area contributed by atoms with Gasteiger partial charge in [0.05, 0.1) is 0 Å². The van der Waals surface area contributed by atoms with Crippen molar-refractivity contribution in [2.75, 3.05) is 5.75 Å². The minimum Gasteiger partial charge on any atom is -1.00 e. The summed E-state index contributed by atoms with van der Waals surface area (Å²) in [7, 11) is 0. The summed E-state index contributed by atoms with van der Waals surface area (Å²) in [6, 6.07) is 17.8. The summed E-state index contributed by atoms with van der Waals surface area (Å²) >= 11 is 1.30. The summed E-state index contributed by atoms with van der Waals surface area (Å²) in [4.78, 5) is 1.25. The Balaban J connectivity index is 0.00000180. The van der Waals surface area contributed by atoms with E-state index in [1.807, 2.05) is 30.3 Å². The van der Waals surface area contributed by atoms with Crippen molar-refractivity contribution in [2.45, 2.75) is 11.3 Å². The molecule has 0 aromatic heterocycles. The second kappa shape index (κ2) is 8.68. The molecule has 3 heteroatoms. The molecule has 0 bridgehead atoms. The van der Waals surface area contributed by atoms with Crippen molar-refractivity contribution in [2.24, 2.45) is 0 Å². The van der Waals surface area contributed by atoms with Crippen molar-refractivity contribution in [1.29, 1.82) is 0 Å². The third-order valence-electron chi connectivity index (χ3n) is 2.55. The van der Waals surface area contributed by atoms with E-state index in [1.165, 1.54) is 22.2 Å². The fourth-order valence-corrected chi connectivity index (χ4v) is 2.51. The standard InChI is InChI=1S/C16H16OS.ClH/c17-15-9-11-16(12-10-15)18-13-5-4-8-14-6-2-1-3-7-14;/h1-4,6-12,17H,5,13H2;1H. The Morgan fingerprint density at radius 2 is 1.63 bits per heavy atom. The molecular formula is C16H17ClOS. The number of hydrogen-bond acceptors (Lipinski definition) is 1. The van der Waals surface area contributed by atoms with Crippen LogP contribution < -0.4 is 12.4 Å². The van der Waals surface area contributed by atoms with Crippen LogP contribution in [0, 0.1) is 0 Å². The Morgan fingerprint density at radius 1 is 0.947 bits per heavy atom. The lowest BCUT2D eigenvalue weighted by Gasteiger charge is -1.93. The van der Waals surface area contributed by atoms with Crippen LogP contribution in [0.1, 0.15) is 12.0 Å². The number of thiol groups is 1. The van der Waals surface area contributed by atoms with E-state index in [0.717, 1.165) is 12.2 Å². The number of halogens is 1. The second-order valence-corrected chi connectivity index (χ2v) is 5.28. The monoisotopic (exact) mass is 292 g/mol. The molecular weight excluding hydrogens is 276 g/mol. The molecule has 19 heavy (non-hydrogen) atoms. The lowest BCUT2D eigenvalue weighted by atomic mass is 10.2. The molecule has 0 amide bonds. The largest absolute Gasteiger partial charge is 1.00 e. The van der Waals surface area contributed by atoms with E-state index in [1.54, 1.807) is 12.1 Å². The van der Waals surface area contributed by atoms with Crippen molar-refractivity contribution in [3.8, 4) is 5.75 Å². The van der Waals surface area contributed by atoms with Gasteiger partial charge in [0.15, 0.2) is 4.90 Å². The van der Waals surface area contributed by atoms with Gasteiger partial charge in [-0.2, -0.15) is 0 Å². The van der Waals surface area contributed by atoms with Crippen molar-refractivity contribution in [3.05, 3.63) is 66.2 Å². The zero-order valence-corrected chi connectivity index (χ0v) is 12.2. The molecule has 0 saturated heterocycles. The van der Waals surface area contributed by atoms with Crippen LogP contribution in [-0.2, 0) is 11.8 Å². The molecule has 2 rings (SSSR count). The van der Waals surface area contributed by atoms with Gasteiger partial charge in [-0.15, -0.1) is 0 Å². The first-order valence-electron chi connectivity index (χ1n) is 6.03. The van der Waals surface area contributed by atoms with Gasteiger partial charge in [-0.25, -0.2) is 0 Å². The molecule has 2 aromatic carbocycles. The van der Waals surface area contributed by atoms with Gasteiger partial charge in [-0.3, -0.25) is 0 Å². The number of benzene rings is 2. The van der Waals surface area contributed by atoms with Crippen LogP contribution in [0.2, 0.25) is 0 Å². The van der Waals surface area contributed by atoms with Gasteiger partial charge in [0.2, 0.25) is 0 Å². The molecule has 0 atom stereocenters. The van der Waals surface area contributed by atoms with Crippen LogP contribution in [0.15, 0.2) is 65.6 Å². The van der Waals surface area contributed by atoms with Gasteiger partial charge in [-0.1, -0.05) is 42.5 Å².